The molecule has 27 heavy (non-hydrogen) atoms. The summed E-state index contributed by atoms with van der Waals surface area (Å²) in [7, 11) is 0. The maximum absolute atomic E-state index is 12.8. The molecule has 2 fully saturated rings. The Hall–Kier alpha value is -2.56. The summed E-state index contributed by atoms with van der Waals surface area (Å²) in [6.45, 7) is 1.71. The molecule has 1 saturated heterocycles. The van der Waals surface area contributed by atoms with Gasteiger partial charge in [-0.1, -0.05) is 25.0 Å². The predicted octanol–water partition coefficient (Wildman–Crippen LogP) is 3.76. The van der Waals surface area contributed by atoms with E-state index >= 15 is 0 Å². The molecule has 1 aliphatic carbocycles. The maximum atomic E-state index is 12.8. The Morgan fingerprint density at radius 3 is 2.70 bits per heavy atom. The van der Waals surface area contributed by atoms with Gasteiger partial charge in [-0.25, -0.2) is 4.98 Å². The van der Waals surface area contributed by atoms with E-state index in [-0.39, 0.29) is 11.8 Å². The van der Waals surface area contributed by atoms with Crippen molar-refractivity contribution in [1.82, 2.24) is 14.7 Å². The minimum Gasteiger partial charge on any atom is -0.354 e. The molecule has 1 amide bonds. The van der Waals surface area contributed by atoms with Crippen molar-refractivity contribution in [1.29, 1.82) is 0 Å². The van der Waals surface area contributed by atoms with Crippen LogP contribution < -0.4 is 10.2 Å². The van der Waals surface area contributed by atoms with E-state index in [0.717, 1.165) is 61.1 Å². The number of aromatic nitrogens is 2. The van der Waals surface area contributed by atoms with E-state index in [4.69, 9.17) is 4.98 Å². The highest BCUT2D eigenvalue weighted by Gasteiger charge is 2.29. The number of hydrogen-bond acceptors (Lipinski definition) is 3. The van der Waals surface area contributed by atoms with Crippen LogP contribution in [0.3, 0.4) is 0 Å². The lowest BCUT2D eigenvalue weighted by Gasteiger charge is -2.34. The number of piperidine rings is 1. The van der Waals surface area contributed by atoms with E-state index in [1.165, 1.54) is 12.8 Å². The summed E-state index contributed by atoms with van der Waals surface area (Å²) in [5.74, 6) is 1.29. The molecule has 0 spiro atoms. The van der Waals surface area contributed by atoms with Gasteiger partial charge < -0.3 is 14.6 Å². The summed E-state index contributed by atoms with van der Waals surface area (Å²) < 4.78 is 2.21. The van der Waals surface area contributed by atoms with Gasteiger partial charge in [0, 0.05) is 25.3 Å². The van der Waals surface area contributed by atoms with E-state index < -0.39 is 0 Å². The Morgan fingerprint density at radius 1 is 1.00 bits per heavy atom. The average molecular weight is 362 g/mol. The van der Waals surface area contributed by atoms with E-state index in [0.29, 0.717) is 6.04 Å². The number of anilines is 1. The highest BCUT2D eigenvalue weighted by molar-refractivity contribution is 5.86. The van der Waals surface area contributed by atoms with Gasteiger partial charge in [0.2, 0.25) is 5.91 Å². The summed E-state index contributed by atoms with van der Waals surface area (Å²) in [6, 6.07) is 12.8. The molecular weight excluding hydrogens is 336 g/mol. The lowest BCUT2D eigenvalue weighted by atomic mass is 9.96. The number of amides is 1. The number of para-hydroxylation sites is 2. The van der Waals surface area contributed by atoms with Gasteiger partial charge in [0.1, 0.15) is 0 Å². The highest BCUT2D eigenvalue weighted by atomic mass is 16.2. The molecule has 2 aliphatic rings. The quantitative estimate of drug-likeness (QED) is 0.772. The lowest BCUT2D eigenvalue weighted by molar-refractivity contribution is -0.125. The van der Waals surface area contributed by atoms with E-state index in [1.807, 2.05) is 12.1 Å². The van der Waals surface area contributed by atoms with Gasteiger partial charge >= 0.3 is 0 Å². The number of hydrogen-bond donors (Lipinski definition) is 1. The van der Waals surface area contributed by atoms with Crippen LogP contribution in [0.25, 0.3) is 16.6 Å². The van der Waals surface area contributed by atoms with Crippen LogP contribution in [-0.2, 0) is 4.79 Å². The third-order valence-corrected chi connectivity index (χ3v) is 6.14. The van der Waals surface area contributed by atoms with Crippen LogP contribution >= 0.6 is 0 Å². The zero-order valence-electron chi connectivity index (χ0n) is 15.6. The number of nitrogens with one attached hydrogen (secondary N) is 1. The minimum absolute atomic E-state index is 0.0580. The van der Waals surface area contributed by atoms with Crippen molar-refractivity contribution < 1.29 is 4.79 Å². The second kappa shape index (κ2) is 6.87. The fraction of sp³-hybridized carbons (Fsp3) is 0.455. The van der Waals surface area contributed by atoms with Crippen molar-refractivity contribution in [2.45, 2.75) is 44.6 Å². The molecule has 0 radical (unpaired) electrons. The molecule has 3 heterocycles. The molecule has 5 rings (SSSR count). The zero-order chi connectivity index (χ0) is 18.2. The van der Waals surface area contributed by atoms with Gasteiger partial charge in [0.15, 0.2) is 5.82 Å². The van der Waals surface area contributed by atoms with Crippen molar-refractivity contribution in [3.05, 3.63) is 42.6 Å². The Balaban J connectivity index is 1.43. The molecule has 1 atom stereocenters. The second-order valence-corrected chi connectivity index (χ2v) is 7.96. The van der Waals surface area contributed by atoms with Crippen LogP contribution in [0.4, 0.5) is 5.82 Å². The number of fused-ring (bicyclic) bond motifs is 3. The fourth-order valence-electron chi connectivity index (χ4n) is 4.71. The largest absolute Gasteiger partial charge is 0.354 e. The lowest BCUT2D eigenvalue weighted by Crippen LogP contribution is -2.45. The van der Waals surface area contributed by atoms with Crippen LogP contribution in [0.5, 0.6) is 0 Å². The third-order valence-electron chi connectivity index (χ3n) is 6.14. The second-order valence-electron chi connectivity index (χ2n) is 7.96. The Morgan fingerprint density at radius 2 is 1.81 bits per heavy atom. The van der Waals surface area contributed by atoms with Crippen LogP contribution in [0, 0.1) is 5.92 Å². The summed E-state index contributed by atoms with van der Waals surface area (Å²) in [5, 5.41) is 3.29. The molecule has 1 aromatic carbocycles. The Kier molecular flexibility index (Phi) is 4.23. The van der Waals surface area contributed by atoms with Gasteiger partial charge in [0.05, 0.1) is 22.5 Å². The molecule has 1 saturated carbocycles. The fourth-order valence-corrected chi connectivity index (χ4v) is 4.71. The van der Waals surface area contributed by atoms with Crippen molar-refractivity contribution in [3.8, 4) is 0 Å². The van der Waals surface area contributed by atoms with Crippen molar-refractivity contribution in [2.75, 3.05) is 18.0 Å². The smallest absolute Gasteiger partial charge is 0.225 e. The van der Waals surface area contributed by atoms with Crippen LogP contribution in [-0.4, -0.2) is 34.4 Å². The molecule has 5 nitrogen and oxygen atoms in total. The standard InChI is InChI=1S/C22H26N4O/c27-22(23-17-8-1-2-9-17)16-7-5-13-25(15-16)21-20-12-6-14-26(20)19-11-4-3-10-18(19)24-21/h3-4,6,10-12,14,16-17H,1-2,5,7-9,13,15H2,(H,23,27). The summed E-state index contributed by atoms with van der Waals surface area (Å²) in [6.07, 6.45) is 8.86. The summed E-state index contributed by atoms with van der Waals surface area (Å²) in [5.41, 5.74) is 3.23. The molecule has 140 valence electrons. The average Bonchev–Trinajstić information content (AvgIpc) is 3.39. The summed E-state index contributed by atoms with van der Waals surface area (Å²) in [4.78, 5) is 20.1. The predicted molar refractivity (Wildman–Crippen MR) is 108 cm³/mol. The van der Waals surface area contributed by atoms with E-state index in [9.17, 15) is 4.79 Å². The molecule has 1 unspecified atom stereocenters. The van der Waals surface area contributed by atoms with Crippen molar-refractivity contribution in [3.63, 3.8) is 0 Å². The number of nitrogens with zero attached hydrogens (tertiary/aromatic N) is 3. The maximum Gasteiger partial charge on any atom is 0.225 e. The van der Waals surface area contributed by atoms with Gasteiger partial charge in [-0.3, -0.25) is 4.79 Å². The monoisotopic (exact) mass is 362 g/mol. The summed E-state index contributed by atoms with van der Waals surface area (Å²) >= 11 is 0. The van der Waals surface area contributed by atoms with E-state index in [2.05, 4.69) is 45.1 Å². The topological polar surface area (TPSA) is 49.6 Å². The first kappa shape index (κ1) is 16.6. The SMILES string of the molecule is O=C(NC1CCCC1)C1CCCN(c2nc3ccccc3n3cccc23)C1. The number of carbonyl (C=O) groups is 1. The molecule has 1 aliphatic heterocycles. The molecule has 1 N–H and O–H groups in total. The number of carbonyl (C=O) groups excluding carboxylic acids is 1. The Labute approximate surface area is 159 Å². The van der Waals surface area contributed by atoms with Gasteiger partial charge in [-0.05, 0) is 49.9 Å². The number of benzene rings is 1. The zero-order valence-corrected chi connectivity index (χ0v) is 15.6. The molecule has 5 heteroatoms. The first-order valence-electron chi connectivity index (χ1n) is 10.2. The van der Waals surface area contributed by atoms with Crippen molar-refractivity contribution in [2.24, 2.45) is 5.92 Å². The molecule has 3 aromatic rings. The van der Waals surface area contributed by atoms with Crippen LogP contribution in [0.15, 0.2) is 42.6 Å². The number of rotatable bonds is 3. The first-order valence-corrected chi connectivity index (χ1v) is 10.2. The minimum atomic E-state index is 0.0580. The van der Waals surface area contributed by atoms with Gasteiger partial charge in [-0.15, -0.1) is 0 Å². The van der Waals surface area contributed by atoms with Gasteiger partial charge in [-0.2, -0.15) is 0 Å². The first-order chi connectivity index (χ1) is 13.3. The van der Waals surface area contributed by atoms with Crippen LogP contribution in [0.1, 0.15) is 38.5 Å². The molecule has 2 aromatic heterocycles. The molecule has 0 bridgehead atoms. The third kappa shape index (κ3) is 3.05. The molecular formula is C22H26N4O. The Bertz CT molecular complexity index is 973. The highest BCUT2D eigenvalue weighted by Crippen LogP contribution is 2.29. The van der Waals surface area contributed by atoms with E-state index in [1.54, 1.807) is 0 Å². The van der Waals surface area contributed by atoms with Gasteiger partial charge in [0.25, 0.3) is 0 Å². The normalized spacial score (nSPS) is 21.2. The van der Waals surface area contributed by atoms with Crippen LogP contribution in [0.2, 0.25) is 0 Å². The van der Waals surface area contributed by atoms with Crippen molar-refractivity contribution >= 4 is 28.3 Å².